The van der Waals surface area contributed by atoms with E-state index in [9.17, 15) is 0 Å². The fraction of sp³-hybridized carbons (Fsp3) is 0.538. The second-order valence-electron chi connectivity index (χ2n) is 4.36. The number of fused-ring (bicyclic) bond motifs is 1. The van der Waals surface area contributed by atoms with Gasteiger partial charge in [-0.25, -0.2) is 0 Å². The van der Waals surface area contributed by atoms with Gasteiger partial charge in [0, 0.05) is 4.47 Å². The zero-order chi connectivity index (χ0) is 10.8. The van der Waals surface area contributed by atoms with Gasteiger partial charge in [0.25, 0.3) is 0 Å². The van der Waals surface area contributed by atoms with Gasteiger partial charge in [0.05, 0.1) is 0 Å². The summed E-state index contributed by atoms with van der Waals surface area (Å²) in [4.78, 5) is 0. The van der Waals surface area contributed by atoms with E-state index in [0.717, 1.165) is 6.54 Å². The van der Waals surface area contributed by atoms with Crippen molar-refractivity contribution >= 4 is 15.9 Å². The van der Waals surface area contributed by atoms with Crippen LogP contribution in [-0.4, -0.2) is 6.54 Å². The molecular weight excluding hydrogens is 250 g/mol. The monoisotopic (exact) mass is 267 g/mol. The van der Waals surface area contributed by atoms with Crippen molar-refractivity contribution in [1.29, 1.82) is 0 Å². The smallest absolute Gasteiger partial charge is 0.0210 e. The lowest BCUT2D eigenvalue weighted by molar-refractivity contribution is 0.371. The lowest BCUT2D eigenvalue weighted by atomic mass is 9.74. The molecule has 2 heteroatoms. The van der Waals surface area contributed by atoms with Crippen LogP contribution in [0.4, 0.5) is 0 Å². The van der Waals surface area contributed by atoms with Gasteiger partial charge in [0.15, 0.2) is 0 Å². The lowest BCUT2D eigenvalue weighted by Gasteiger charge is -2.32. The van der Waals surface area contributed by atoms with Gasteiger partial charge in [-0.2, -0.15) is 0 Å². The molecule has 0 aliphatic heterocycles. The zero-order valence-corrected chi connectivity index (χ0v) is 10.8. The fourth-order valence-corrected chi connectivity index (χ4v) is 3.39. The number of nitrogens with two attached hydrogens (primary N) is 1. The maximum atomic E-state index is 5.85. The number of rotatable bonds is 2. The van der Waals surface area contributed by atoms with Crippen molar-refractivity contribution in [1.82, 2.24) is 0 Å². The largest absolute Gasteiger partial charge is 0.330 e. The first-order chi connectivity index (χ1) is 7.27. The average Bonchev–Trinajstić information content (AvgIpc) is 2.28. The lowest BCUT2D eigenvalue weighted by Crippen LogP contribution is -2.27. The zero-order valence-electron chi connectivity index (χ0n) is 9.17. The Hall–Kier alpha value is -0.340. The minimum atomic E-state index is 0.663. The summed E-state index contributed by atoms with van der Waals surface area (Å²) in [6, 6.07) is 6.56. The van der Waals surface area contributed by atoms with Gasteiger partial charge < -0.3 is 5.73 Å². The number of benzene rings is 1. The third-order valence-electron chi connectivity index (χ3n) is 3.63. The third kappa shape index (κ3) is 1.98. The van der Waals surface area contributed by atoms with Crippen molar-refractivity contribution < 1.29 is 0 Å². The second-order valence-corrected chi connectivity index (χ2v) is 5.21. The highest BCUT2D eigenvalue weighted by molar-refractivity contribution is 9.10. The van der Waals surface area contributed by atoms with E-state index in [-0.39, 0.29) is 0 Å². The van der Waals surface area contributed by atoms with E-state index in [1.165, 1.54) is 34.9 Å². The first kappa shape index (κ1) is 11.2. The van der Waals surface area contributed by atoms with Crippen molar-refractivity contribution in [3.8, 4) is 0 Å². The highest BCUT2D eigenvalue weighted by atomic mass is 79.9. The minimum Gasteiger partial charge on any atom is -0.330 e. The number of hydrogen-bond acceptors (Lipinski definition) is 1. The van der Waals surface area contributed by atoms with E-state index in [4.69, 9.17) is 5.73 Å². The van der Waals surface area contributed by atoms with E-state index in [1.54, 1.807) is 0 Å². The van der Waals surface area contributed by atoms with Crippen LogP contribution in [0, 0.1) is 5.92 Å². The van der Waals surface area contributed by atoms with E-state index in [0.29, 0.717) is 11.8 Å². The Labute approximate surface area is 100 Å². The predicted molar refractivity (Wildman–Crippen MR) is 68.0 cm³/mol. The van der Waals surface area contributed by atoms with Crippen molar-refractivity contribution in [3.05, 3.63) is 33.8 Å². The summed E-state index contributed by atoms with van der Waals surface area (Å²) in [7, 11) is 0. The maximum absolute atomic E-state index is 5.85. The Morgan fingerprint density at radius 3 is 2.93 bits per heavy atom. The summed E-state index contributed by atoms with van der Waals surface area (Å²) in [6.07, 6.45) is 3.62. The molecule has 15 heavy (non-hydrogen) atoms. The summed E-state index contributed by atoms with van der Waals surface area (Å²) in [5.74, 6) is 1.34. The molecule has 1 aliphatic carbocycles. The fourth-order valence-electron chi connectivity index (χ4n) is 2.81. The molecule has 2 rings (SSSR count). The molecule has 0 aromatic heterocycles. The van der Waals surface area contributed by atoms with E-state index >= 15 is 0 Å². The molecule has 1 nitrogen and oxygen atoms in total. The Bertz CT molecular complexity index is 348. The summed E-state index contributed by atoms with van der Waals surface area (Å²) < 4.78 is 1.27. The Balaban J connectivity index is 2.41. The van der Waals surface area contributed by atoms with Gasteiger partial charge in [-0.1, -0.05) is 35.0 Å². The maximum Gasteiger partial charge on any atom is 0.0210 e. The van der Waals surface area contributed by atoms with Crippen LogP contribution in [0.2, 0.25) is 0 Å². The first-order valence-electron chi connectivity index (χ1n) is 5.75. The molecule has 0 heterocycles. The Morgan fingerprint density at radius 1 is 1.47 bits per heavy atom. The van der Waals surface area contributed by atoms with Crippen molar-refractivity contribution in [2.75, 3.05) is 6.54 Å². The van der Waals surface area contributed by atoms with Crippen molar-refractivity contribution in [2.24, 2.45) is 11.7 Å². The SMILES string of the molecule is CCC1c2cccc(Br)c2CCC1CN. The van der Waals surface area contributed by atoms with E-state index in [2.05, 4.69) is 41.1 Å². The second kappa shape index (κ2) is 4.67. The van der Waals surface area contributed by atoms with Crippen LogP contribution >= 0.6 is 15.9 Å². The summed E-state index contributed by atoms with van der Waals surface area (Å²) in [6.45, 7) is 3.09. The normalized spacial score (nSPS) is 25.0. The van der Waals surface area contributed by atoms with Crippen molar-refractivity contribution in [2.45, 2.75) is 32.1 Å². The van der Waals surface area contributed by atoms with Crippen LogP contribution < -0.4 is 5.73 Å². The van der Waals surface area contributed by atoms with Gasteiger partial charge in [-0.05, 0) is 54.8 Å². The number of halogens is 1. The molecule has 0 radical (unpaired) electrons. The van der Waals surface area contributed by atoms with Gasteiger partial charge in [0.2, 0.25) is 0 Å². The summed E-state index contributed by atoms with van der Waals surface area (Å²) in [5.41, 5.74) is 8.88. The molecule has 0 spiro atoms. The van der Waals surface area contributed by atoms with E-state index in [1.807, 2.05) is 0 Å². The topological polar surface area (TPSA) is 26.0 Å². The van der Waals surface area contributed by atoms with Gasteiger partial charge in [-0.15, -0.1) is 0 Å². The minimum absolute atomic E-state index is 0.663. The average molecular weight is 268 g/mol. The summed E-state index contributed by atoms with van der Waals surface area (Å²) >= 11 is 3.65. The highest BCUT2D eigenvalue weighted by Crippen LogP contribution is 2.40. The predicted octanol–water partition coefficient (Wildman–Crippen LogP) is 3.46. The Morgan fingerprint density at radius 2 is 2.27 bits per heavy atom. The molecule has 1 aromatic carbocycles. The highest BCUT2D eigenvalue weighted by Gasteiger charge is 2.27. The molecule has 2 N–H and O–H groups in total. The molecule has 82 valence electrons. The standard InChI is InChI=1S/C13H18BrN/c1-2-10-9(8-15)6-7-12-11(10)4-3-5-13(12)14/h3-5,9-10H,2,6-8,15H2,1H3. The van der Waals surface area contributed by atoms with Crippen LogP contribution in [0.1, 0.15) is 36.8 Å². The third-order valence-corrected chi connectivity index (χ3v) is 4.37. The van der Waals surface area contributed by atoms with Crippen LogP contribution in [0.15, 0.2) is 22.7 Å². The van der Waals surface area contributed by atoms with Gasteiger partial charge in [-0.3, -0.25) is 0 Å². The molecule has 1 aromatic rings. The Kier molecular flexibility index (Phi) is 3.47. The quantitative estimate of drug-likeness (QED) is 0.873. The molecule has 0 amide bonds. The molecule has 0 saturated heterocycles. The van der Waals surface area contributed by atoms with Crippen LogP contribution in [-0.2, 0) is 6.42 Å². The van der Waals surface area contributed by atoms with Crippen molar-refractivity contribution in [3.63, 3.8) is 0 Å². The number of hydrogen-bond donors (Lipinski definition) is 1. The molecule has 0 bridgehead atoms. The summed E-state index contributed by atoms with van der Waals surface area (Å²) in [5, 5.41) is 0. The van der Waals surface area contributed by atoms with Crippen LogP contribution in [0.25, 0.3) is 0 Å². The molecule has 0 fully saturated rings. The van der Waals surface area contributed by atoms with Crippen LogP contribution in [0.3, 0.4) is 0 Å². The van der Waals surface area contributed by atoms with Gasteiger partial charge >= 0.3 is 0 Å². The molecule has 0 saturated carbocycles. The molecular formula is C13H18BrN. The van der Waals surface area contributed by atoms with Gasteiger partial charge in [0.1, 0.15) is 0 Å². The van der Waals surface area contributed by atoms with E-state index < -0.39 is 0 Å². The first-order valence-corrected chi connectivity index (χ1v) is 6.54. The molecule has 2 unspecified atom stereocenters. The molecule has 1 aliphatic rings. The van der Waals surface area contributed by atoms with Crippen LogP contribution in [0.5, 0.6) is 0 Å². The molecule has 2 atom stereocenters.